The smallest absolute Gasteiger partial charge is 0.184 e. The van der Waals surface area contributed by atoms with Crippen molar-refractivity contribution in [2.75, 3.05) is 13.2 Å². The van der Waals surface area contributed by atoms with Crippen LogP contribution in [0.4, 0.5) is 0 Å². The van der Waals surface area contributed by atoms with Crippen LogP contribution in [0.5, 0.6) is 0 Å². The molecule has 0 N–H and O–H groups in total. The maximum absolute atomic E-state index is 5.67. The van der Waals surface area contributed by atoms with Crippen LogP contribution < -0.4 is 0 Å². The van der Waals surface area contributed by atoms with E-state index in [0.29, 0.717) is 13.2 Å². The van der Waals surface area contributed by atoms with Crippen molar-refractivity contribution >= 4 is 0 Å². The molecule has 4 nitrogen and oxygen atoms in total. The summed E-state index contributed by atoms with van der Waals surface area (Å²) in [4.78, 5) is 8.12. The monoisotopic (exact) mass is 258 g/mol. The zero-order chi connectivity index (χ0) is 13.5. The van der Waals surface area contributed by atoms with E-state index in [1.807, 2.05) is 38.1 Å². The highest BCUT2D eigenvalue weighted by Gasteiger charge is 2.16. The normalized spacial score (nSPS) is 10.9. The minimum Gasteiger partial charge on any atom is -0.349 e. The van der Waals surface area contributed by atoms with Crippen LogP contribution in [-0.4, -0.2) is 23.2 Å². The SMILES string of the molecule is CCOC(OCC)c1ccccc1-c1cncnc1. The highest BCUT2D eigenvalue weighted by atomic mass is 16.7. The third kappa shape index (κ3) is 3.36. The Morgan fingerprint density at radius 1 is 1.00 bits per heavy atom. The van der Waals surface area contributed by atoms with Crippen LogP contribution in [0.1, 0.15) is 25.7 Å². The number of nitrogens with zero attached hydrogens (tertiary/aromatic N) is 2. The molecule has 1 heterocycles. The van der Waals surface area contributed by atoms with Gasteiger partial charge in [-0.3, -0.25) is 0 Å². The topological polar surface area (TPSA) is 44.2 Å². The first kappa shape index (κ1) is 13.6. The lowest BCUT2D eigenvalue weighted by Crippen LogP contribution is -2.10. The molecule has 0 saturated heterocycles. The molecular weight excluding hydrogens is 240 g/mol. The standard InChI is InChI=1S/C15H18N2O2/c1-3-18-15(19-4-2)14-8-6-5-7-13(14)12-9-16-11-17-10-12/h5-11,15H,3-4H2,1-2H3. The predicted octanol–water partition coefficient (Wildman–Crippen LogP) is 3.22. The fraction of sp³-hybridized carbons (Fsp3) is 0.333. The number of ether oxygens (including phenoxy) is 2. The quantitative estimate of drug-likeness (QED) is 0.746. The van der Waals surface area contributed by atoms with Crippen LogP contribution in [0.3, 0.4) is 0 Å². The van der Waals surface area contributed by atoms with Gasteiger partial charge in [-0.15, -0.1) is 0 Å². The second-order valence-corrected chi connectivity index (χ2v) is 3.96. The van der Waals surface area contributed by atoms with Crippen molar-refractivity contribution in [3.8, 4) is 11.1 Å². The van der Waals surface area contributed by atoms with E-state index in [4.69, 9.17) is 9.47 Å². The molecule has 0 aliphatic heterocycles. The summed E-state index contributed by atoms with van der Waals surface area (Å²) in [5.74, 6) is 0. The van der Waals surface area contributed by atoms with Gasteiger partial charge in [-0.1, -0.05) is 24.3 Å². The maximum Gasteiger partial charge on any atom is 0.184 e. The lowest BCUT2D eigenvalue weighted by atomic mass is 10.0. The number of hydrogen-bond acceptors (Lipinski definition) is 4. The minimum absolute atomic E-state index is 0.355. The van der Waals surface area contributed by atoms with Crippen LogP contribution in [0, 0.1) is 0 Å². The van der Waals surface area contributed by atoms with Gasteiger partial charge >= 0.3 is 0 Å². The second kappa shape index (κ2) is 6.97. The van der Waals surface area contributed by atoms with Gasteiger partial charge < -0.3 is 9.47 Å². The molecule has 1 aromatic carbocycles. The molecule has 0 aliphatic carbocycles. The van der Waals surface area contributed by atoms with Crippen LogP contribution >= 0.6 is 0 Å². The summed E-state index contributed by atoms with van der Waals surface area (Å²) in [6, 6.07) is 8.01. The Labute approximate surface area is 113 Å². The van der Waals surface area contributed by atoms with Crippen LogP contribution in [0.15, 0.2) is 43.0 Å². The summed E-state index contributed by atoms with van der Waals surface area (Å²) in [6.07, 6.45) is 4.75. The first-order chi connectivity index (χ1) is 9.36. The summed E-state index contributed by atoms with van der Waals surface area (Å²) >= 11 is 0. The van der Waals surface area contributed by atoms with Gasteiger partial charge in [-0.05, 0) is 19.4 Å². The molecule has 0 fully saturated rings. The zero-order valence-corrected chi connectivity index (χ0v) is 11.2. The van der Waals surface area contributed by atoms with Gasteiger partial charge in [-0.2, -0.15) is 0 Å². The van der Waals surface area contributed by atoms with Crippen molar-refractivity contribution in [2.24, 2.45) is 0 Å². The average molecular weight is 258 g/mol. The molecule has 1 aromatic heterocycles. The summed E-state index contributed by atoms with van der Waals surface area (Å²) < 4.78 is 11.3. The van der Waals surface area contributed by atoms with Gasteiger partial charge in [0, 0.05) is 36.7 Å². The van der Waals surface area contributed by atoms with Crippen molar-refractivity contribution in [3.63, 3.8) is 0 Å². The summed E-state index contributed by atoms with van der Waals surface area (Å²) in [5, 5.41) is 0. The van der Waals surface area contributed by atoms with Gasteiger partial charge in [0.05, 0.1) is 0 Å². The first-order valence-electron chi connectivity index (χ1n) is 6.44. The van der Waals surface area contributed by atoms with E-state index in [2.05, 4.69) is 9.97 Å². The van der Waals surface area contributed by atoms with E-state index in [0.717, 1.165) is 16.7 Å². The van der Waals surface area contributed by atoms with Crippen molar-refractivity contribution in [3.05, 3.63) is 48.5 Å². The Hall–Kier alpha value is -1.78. The molecule has 0 unspecified atom stereocenters. The van der Waals surface area contributed by atoms with Gasteiger partial charge in [-0.25, -0.2) is 9.97 Å². The molecule has 0 spiro atoms. The third-order valence-corrected chi connectivity index (χ3v) is 2.72. The highest BCUT2D eigenvalue weighted by Crippen LogP contribution is 2.29. The van der Waals surface area contributed by atoms with Crippen molar-refractivity contribution in [1.82, 2.24) is 9.97 Å². The third-order valence-electron chi connectivity index (χ3n) is 2.72. The Bertz CT molecular complexity index is 497. The summed E-state index contributed by atoms with van der Waals surface area (Å²) in [5.41, 5.74) is 3.00. The van der Waals surface area contributed by atoms with Crippen LogP contribution in [0.2, 0.25) is 0 Å². The van der Waals surface area contributed by atoms with Gasteiger partial charge in [0.25, 0.3) is 0 Å². The Morgan fingerprint density at radius 3 is 2.26 bits per heavy atom. The lowest BCUT2D eigenvalue weighted by Gasteiger charge is -2.20. The number of benzene rings is 1. The van der Waals surface area contributed by atoms with Gasteiger partial charge in [0.2, 0.25) is 0 Å². The van der Waals surface area contributed by atoms with Crippen LogP contribution in [-0.2, 0) is 9.47 Å². The molecule has 19 heavy (non-hydrogen) atoms. The van der Waals surface area contributed by atoms with Crippen molar-refractivity contribution in [2.45, 2.75) is 20.1 Å². The number of rotatable bonds is 6. The Balaban J connectivity index is 2.40. The first-order valence-corrected chi connectivity index (χ1v) is 6.44. The molecule has 0 radical (unpaired) electrons. The Morgan fingerprint density at radius 2 is 1.63 bits per heavy atom. The molecule has 2 rings (SSSR count). The molecule has 100 valence electrons. The maximum atomic E-state index is 5.67. The molecule has 0 atom stereocenters. The van der Waals surface area contributed by atoms with E-state index in [-0.39, 0.29) is 6.29 Å². The summed E-state index contributed by atoms with van der Waals surface area (Å²) in [6.45, 7) is 5.12. The average Bonchev–Trinajstić information content (AvgIpc) is 2.48. The van der Waals surface area contributed by atoms with Crippen molar-refractivity contribution < 1.29 is 9.47 Å². The minimum atomic E-state index is -0.355. The van der Waals surface area contributed by atoms with E-state index in [9.17, 15) is 0 Å². The van der Waals surface area contributed by atoms with Gasteiger partial charge in [0.1, 0.15) is 6.33 Å². The second-order valence-electron chi connectivity index (χ2n) is 3.96. The molecule has 4 heteroatoms. The zero-order valence-electron chi connectivity index (χ0n) is 11.2. The molecular formula is C15H18N2O2. The number of hydrogen-bond donors (Lipinski definition) is 0. The van der Waals surface area contributed by atoms with E-state index < -0.39 is 0 Å². The van der Waals surface area contributed by atoms with Crippen molar-refractivity contribution in [1.29, 1.82) is 0 Å². The largest absolute Gasteiger partial charge is 0.349 e. The lowest BCUT2D eigenvalue weighted by molar-refractivity contribution is -0.139. The van der Waals surface area contributed by atoms with Gasteiger partial charge in [0.15, 0.2) is 6.29 Å². The molecule has 0 amide bonds. The highest BCUT2D eigenvalue weighted by molar-refractivity contribution is 5.65. The molecule has 0 saturated carbocycles. The van der Waals surface area contributed by atoms with E-state index in [1.165, 1.54) is 6.33 Å². The fourth-order valence-electron chi connectivity index (χ4n) is 1.93. The fourth-order valence-corrected chi connectivity index (χ4v) is 1.93. The van der Waals surface area contributed by atoms with E-state index in [1.54, 1.807) is 12.4 Å². The predicted molar refractivity (Wildman–Crippen MR) is 73.5 cm³/mol. The molecule has 0 bridgehead atoms. The Kier molecular flexibility index (Phi) is 5.01. The van der Waals surface area contributed by atoms with E-state index >= 15 is 0 Å². The number of aromatic nitrogens is 2. The molecule has 0 aliphatic rings. The van der Waals surface area contributed by atoms with Crippen LogP contribution in [0.25, 0.3) is 11.1 Å². The summed E-state index contributed by atoms with van der Waals surface area (Å²) in [7, 11) is 0. The molecule has 2 aromatic rings.